The third-order valence-electron chi connectivity index (χ3n) is 8.19. The Labute approximate surface area is 177 Å². The third-order valence-corrected chi connectivity index (χ3v) is 8.19. The molecule has 0 amide bonds. The standard InChI is InChI=1S/C24H32O6/c1-11-15-9-14-10-16(29-12(2)25)22-23(4,5)8-7-17(30-13(3)26)24(22,6)19(14)18(20(11)27)21(15)28/h15-18,21-22,28H,1,7-10H2,2-6H3/t15-,16+,17+,18+,21+,22-,24+/m1/s1. The van der Waals surface area contributed by atoms with Crippen molar-refractivity contribution in [1.29, 1.82) is 0 Å². The minimum atomic E-state index is -0.797. The first-order valence-electron chi connectivity index (χ1n) is 10.9. The second-order valence-corrected chi connectivity index (χ2v) is 10.4. The van der Waals surface area contributed by atoms with Gasteiger partial charge in [0.05, 0.1) is 12.0 Å². The van der Waals surface area contributed by atoms with Gasteiger partial charge in [-0.3, -0.25) is 14.4 Å². The largest absolute Gasteiger partial charge is 0.462 e. The molecule has 0 aromatic heterocycles. The number of esters is 2. The van der Waals surface area contributed by atoms with E-state index in [1.807, 2.05) is 6.92 Å². The number of hydrogen-bond donors (Lipinski definition) is 1. The molecule has 4 aliphatic carbocycles. The van der Waals surface area contributed by atoms with Crippen molar-refractivity contribution in [3.63, 3.8) is 0 Å². The number of carbonyl (C=O) groups excluding carboxylic acids is 3. The maximum atomic E-state index is 13.1. The van der Waals surface area contributed by atoms with Crippen LogP contribution in [0.5, 0.6) is 0 Å². The number of hydrogen-bond acceptors (Lipinski definition) is 6. The number of carbonyl (C=O) groups is 3. The van der Waals surface area contributed by atoms with Gasteiger partial charge in [-0.25, -0.2) is 0 Å². The number of ketones is 1. The first-order chi connectivity index (χ1) is 13.9. The Morgan fingerprint density at radius 2 is 1.73 bits per heavy atom. The summed E-state index contributed by atoms with van der Waals surface area (Å²) in [5, 5.41) is 11.0. The van der Waals surface area contributed by atoms with Crippen molar-refractivity contribution in [1.82, 2.24) is 0 Å². The summed E-state index contributed by atoms with van der Waals surface area (Å²) in [6.07, 6.45) is 0.942. The van der Waals surface area contributed by atoms with Crippen LogP contribution in [0.15, 0.2) is 23.3 Å². The van der Waals surface area contributed by atoms with Crippen LogP contribution in [-0.4, -0.2) is 41.1 Å². The van der Waals surface area contributed by atoms with Gasteiger partial charge in [-0.2, -0.15) is 0 Å². The maximum absolute atomic E-state index is 13.1. The Kier molecular flexibility index (Phi) is 4.81. The Bertz CT molecular complexity index is 867. The van der Waals surface area contributed by atoms with E-state index in [2.05, 4.69) is 20.4 Å². The van der Waals surface area contributed by atoms with Gasteiger partial charge in [0.15, 0.2) is 5.78 Å². The molecule has 0 aliphatic heterocycles. The van der Waals surface area contributed by atoms with Crippen LogP contribution in [0.1, 0.15) is 60.3 Å². The van der Waals surface area contributed by atoms with Crippen LogP contribution in [0, 0.1) is 28.6 Å². The van der Waals surface area contributed by atoms with E-state index in [0.29, 0.717) is 24.8 Å². The molecule has 6 heteroatoms. The lowest BCUT2D eigenvalue weighted by Crippen LogP contribution is -2.61. The van der Waals surface area contributed by atoms with E-state index >= 15 is 0 Å². The molecule has 0 unspecified atom stereocenters. The number of Topliss-reactive ketones (excluding diaryl/α,β-unsaturated/α-hetero) is 1. The highest BCUT2D eigenvalue weighted by atomic mass is 16.6. The molecule has 0 aromatic carbocycles. The maximum Gasteiger partial charge on any atom is 0.302 e. The average molecular weight is 417 g/mol. The quantitative estimate of drug-likeness (QED) is 0.423. The van der Waals surface area contributed by atoms with Crippen molar-refractivity contribution in [2.45, 2.75) is 78.6 Å². The van der Waals surface area contributed by atoms with E-state index in [9.17, 15) is 19.5 Å². The summed E-state index contributed by atoms with van der Waals surface area (Å²) >= 11 is 0. The normalized spacial score (nSPS) is 41.8. The number of aliphatic hydroxyl groups excluding tert-OH is 1. The van der Waals surface area contributed by atoms with Crippen LogP contribution >= 0.6 is 0 Å². The summed E-state index contributed by atoms with van der Waals surface area (Å²) in [5.74, 6) is -1.89. The zero-order valence-corrected chi connectivity index (χ0v) is 18.5. The molecule has 0 spiro atoms. The van der Waals surface area contributed by atoms with Crippen LogP contribution in [0.3, 0.4) is 0 Å². The zero-order chi connectivity index (χ0) is 22.2. The van der Waals surface area contributed by atoms with Crippen LogP contribution in [0.25, 0.3) is 0 Å². The van der Waals surface area contributed by atoms with E-state index < -0.39 is 23.5 Å². The van der Waals surface area contributed by atoms with Crippen LogP contribution in [0.4, 0.5) is 0 Å². The summed E-state index contributed by atoms with van der Waals surface area (Å²) in [6, 6.07) is 0. The average Bonchev–Trinajstić information content (AvgIpc) is 2.74. The molecule has 2 bridgehead atoms. The van der Waals surface area contributed by atoms with Crippen molar-refractivity contribution < 1.29 is 29.0 Å². The lowest BCUT2D eigenvalue weighted by atomic mass is 9.45. The van der Waals surface area contributed by atoms with Crippen molar-refractivity contribution >= 4 is 17.7 Å². The lowest BCUT2D eigenvalue weighted by Gasteiger charge is -2.61. The van der Waals surface area contributed by atoms with Gasteiger partial charge in [-0.15, -0.1) is 0 Å². The van der Waals surface area contributed by atoms with E-state index in [1.54, 1.807) is 0 Å². The smallest absolute Gasteiger partial charge is 0.302 e. The van der Waals surface area contributed by atoms with Gasteiger partial charge in [0.2, 0.25) is 0 Å². The topological polar surface area (TPSA) is 89.9 Å². The van der Waals surface area contributed by atoms with E-state index in [-0.39, 0.29) is 41.1 Å². The highest BCUT2D eigenvalue weighted by Gasteiger charge is 2.66. The van der Waals surface area contributed by atoms with Crippen LogP contribution in [0.2, 0.25) is 0 Å². The molecule has 1 N–H and O–H groups in total. The Morgan fingerprint density at radius 3 is 2.33 bits per heavy atom. The fourth-order valence-electron chi connectivity index (χ4n) is 7.29. The van der Waals surface area contributed by atoms with Crippen LogP contribution in [-0.2, 0) is 23.9 Å². The van der Waals surface area contributed by atoms with E-state index in [0.717, 1.165) is 17.6 Å². The summed E-state index contributed by atoms with van der Waals surface area (Å²) in [4.78, 5) is 37.1. The fourth-order valence-corrected chi connectivity index (χ4v) is 7.29. The van der Waals surface area contributed by atoms with Crippen molar-refractivity contribution in [2.75, 3.05) is 0 Å². The minimum Gasteiger partial charge on any atom is -0.462 e. The Hall–Kier alpha value is -1.95. The van der Waals surface area contributed by atoms with Crippen molar-refractivity contribution in [3.8, 4) is 0 Å². The molecule has 6 nitrogen and oxygen atoms in total. The number of ether oxygens (including phenoxy) is 2. The van der Waals surface area contributed by atoms with Crippen molar-refractivity contribution in [3.05, 3.63) is 23.3 Å². The van der Waals surface area contributed by atoms with E-state index in [1.165, 1.54) is 13.8 Å². The Morgan fingerprint density at radius 1 is 1.10 bits per heavy atom. The predicted octanol–water partition coefficient (Wildman–Crippen LogP) is 3.13. The van der Waals surface area contributed by atoms with Gasteiger partial charge < -0.3 is 14.6 Å². The molecule has 0 heterocycles. The monoisotopic (exact) mass is 416 g/mol. The second kappa shape index (κ2) is 6.78. The summed E-state index contributed by atoms with van der Waals surface area (Å²) in [6.45, 7) is 13.1. The number of rotatable bonds is 2. The highest BCUT2D eigenvalue weighted by molar-refractivity contribution is 6.03. The molecular weight excluding hydrogens is 384 g/mol. The molecular formula is C24H32O6. The van der Waals surface area contributed by atoms with Crippen LogP contribution < -0.4 is 0 Å². The molecule has 2 saturated carbocycles. The second-order valence-electron chi connectivity index (χ2n) is 10.4. The predicted molar refractivity (Wildman–Crippen MR) is 109 cm³/mol. The van der Waals surface area contributed by atoms with Gasteiger partial charge in [0.1, 0.15) is 12.2 Å². The van der Waals surface area contributed by atoms with Gasteiger partial charge in [0, 0.05) is 37.5 Å². The molecule has 0 radical (unpaired) electrons. The number of fused-ring (bicyclic) bond motifs is 5. The van der Waals surface area contributed by atoms with Gasteiger partial charge in [-0.05, 0) is 35.8 Å². The zero-order valence-electron chi connectivity index (χ0n) is 18.5. The Balaban J connectivity index is 1.93. The SMILES string of the molecule is C=C1C(=O)[C@@H]2C3=C(C[C@H](OC(C)=O)[C@@H]4C(C)(C)CC[C@H](OC(C)=O)[C@@]34C)C[C@H]1[C@@H]2O. The summed E-state index contributed by atoms with van der Waals surface area (Å²) < 4.78 is 11.7. The van der Waals surface area contributed by atoms with Gasteiger partial charge in [0.25, 0.3) is 0 Å². The van der Waals surface area contributed by atoms with E-state index in [4.69, 9.17) is 9.47 Å². The lowest BCUT2D eigenvalue weighted by molar-refractivity contribution is -0.189. The minimum absolute atomic E-state index is 0.103. The van der Waals surface area contributed by atoms with Gasteiger partial charge >= 0.3 is 11.9 Å². The molecule has 0 saturated heterocycles. The molecule has 4 aliphatic rings. The molecule has 2 fully saturated rings. The molecule has 4 rings (SSSR count). The third kappa shape index (κ3) is 2.83. The molecule has 0 aromatic rings. The number of aliphatic hydroxyl groups is 1. The van der Waals surface area contributed by atoms with Gasteiger partial charge in [-0.1, -0.05) is 32.9 Å². The molecule has 164 valence electrons. The molecule has 30 heavy (non-hydrogen) atoms. The molecule has 7 atom stereocenters. The first kappa shape index (κ1) is 21.3. The highest BCUT2D eigenvalue weighted by Crippen LogP contribution is 2.66. The summed E-state index contributed by atoms with van der Waals surface area (Å²) in [5.41, 5.74) is 1.53. The summed E-state index contributed by atoms with van der Waals surface area (Å²) in [7, 11) is 0. The fraction of sp³-hybridized carbons (Fsp3) is 0.708. The van der Waals surface area contributed by atoms with Crippen molar-refractivity contribution in [2.24, 2.45) is 28.6 Å². The first-order valence-corrected chi connectivity index (χ1v) is 10.9.